The highest BCUT2D eigenvalue weighted by Crippen LogP contribution is 2.24. The van der Waals surface area contributed by atoms with Crippen molar-refractivity contribution in [2.45, 2.75) is 19.0 Å². The van der Waals surface area contributed by atoms with Crippen LogP contribution in [0.5, 0.6) is 0 Å². The Labute approximate surface area is 129 Å². The number of methoxy groups -OCH3 is 1. The maximum atomic E-state index is 5.36. The zero-order valence-corrected chi connectivity index (χ0v) is 13.6. The van der Waals surface area contributed by atoms with Crippen molar-refractivity contribution in [2.75, 3.05) is 53.5 Å². The number of ether oxygens (including phenoxy) is 1. The van der Waals surface area contributed by atoms with Gasteiger partial charge in [0.15, 0.2) is 0 Å². The number of piperazine rings is 1. The standard InChI is InChI=1S/C17H29N3O/c1-4-18-16(14-21-3)12-20-11-10-19(2)13-17(20)15-8-6-5-7-9-15/h5-9,16-18H,4,10-14H2,1-3H3. The van der Waals surface area contributed by atoms with Crippen molar-refractivity contribution < 1.29 is 4.74 Å². The molecule has 0 radical (unpaired) electrons. The Morgan fingerprint density at radius 3 is 2.71 bits per heavy atom. The Morgan fingerprint density at radius 1 is 1.29 bits per heavy atom. The average molecular weight is 291 g/mol. The number of benzene rings is 1. The summed E-state index contributed by atoms with van der Waals surface area (Å²) >= 11 is 0. The van der Waals surface area contributed by atoms with Gasteiger partial charge in [-0.15, -0.1) is 0 Å². The van der Waals surface area contributed by atoms with Gasteiger partial charge in [0.1, 0.15) is 0 Å². The molecule has 1 saturated heterocycles. The first-order valence-corrected chi connectivity index (χ1v) is 7.94. The summed E-state index contributed by atoms with van der Waals surface area (Å²) < 4.78 is 5.36. The third-order valence-corrected chi connectivity index (χ3v) is 4.19. The molecule has 0 aromatic heterocycles. The molecular weight excluding hydrogens is 262 g/mol. The SMILES string of the molecule is CCNC(COC)CN1CCN(C)CC1c1ccccc1. The maximum Gasteiger partial charge on any atom is 0.0628 e. The number of likely N-dealkylation sites (N-methyl/N-ethyl adjacent to an activating group) is 2. The highest BCUT2D eigenvalue weighted by atomic mass is 16.5. The number of hydrogen-bond acceptors (Lipinski definition) is 4. The molecule has 1 aliphatic rings. The van der Waals surface area contributed by atoms with Crippen LogP contribution in [0.2, 0.25) is 0 Å². The topological polar surface area (TPSA) is 27.7 Å². The predicted octanol–water partition coefficient (Wildman–Crippen LogP) is 1.60. The lowest BCUT2D eigenvalue weighted by atomic mass is 10.0. The smallest absolute Gasteiger partial charge is 0.0628 e. The Balaban J connectivity index is 2.07. The summed E-state index contributed by atoms with van der Waals surface area (Å²) in [5.74, 6) is 0. The molecule has 1 aliphatic heterocycles. The van der Waals surface area contributed by atoms with Gasteiger partial charge in [0.2, 0.25) is 0 Å². The molecule has 0 amide bonds. The largest absolute Gasteiger partial charge is 0.383 e. The van der Waals surface area contributed by atoms with E-state index in [0.29, 0.717) is 12.1 Å². The van der Waals surface area contributed by atoms with Gasteiger partial charge in [-0.1, -0.05) is 37.3 Å². The van der Waals surface area contributed by atoms with E-state index in [9.17, 15) is 0 Å². The Bertz CT molecular complexity index is 392. The van der Waals surface area contributed by atoms with Crippen molar-refractivity contribution in [3.63, 3.8) is 0 Å². The molecule has 0 saturated carbocycles. The number of hydrogen-bond donors (Lipinski definition) is 1. The fourth-order valence-electron chi connectivity index (χ4n) is 3.12. The van der Waals surface area contributed by atoms with E-state index < -0.39 is 0 Å². The normalized spacial score (nSPS) is 22.3. The minimum Gasteiger partial charge on any atom is -0.383 e. The third kappa shape index (κ3) is 4.78. The lowest BCUT2D eigenvalue weighted by Gasteiger charge is -2.42. The third-order valence-electron chi connectivity index (χ3n) is 4.19. The van der Waals surface area contributed by atoms with Crippen molar-refractivity contribution in [1.29, 1.82) is 0 Å². The summed E-state index contributed by atoms with van der Waals surface area (Å²) in [6.07, 6.45) is 0. The van der Waals surface area contributed by atoms with E-state index in [-0.39, 0.29) is 0 Å². The fraction of sp³-hybridized carbons (Fsp3) is 0.647. The molecule has 1 aromatic carbocycles. The van der Waals surface area contributed by atoms with Crippen LogP contribution in [-0.4, -0.2) is 69.3 Å². The first-order valence-electron chi connectivity index (χ1n) is 7.94. The molecule has 2 rings (SSSR count). The summed E-state index contributed by atoms with van der Waals surface area (Å²) in [6, 6.07) is 11.7. The maximum absolute atomic E-state index is 5.36. The van der Waals surface area contributed by atoms with Crippen LogP contribution in [-0.2, 0) is 4.74 Å². The second-order valence-electron chi connectivity index (χ2n) is 5.89. The van der Waals surface area contributed by atoms with Crippen LogP contribution in [0.1, 0.15) is 18.5 Å². The Hall–Kier alpha value is -0.940. The van der Waals surface area contributed by atoms with Crippen LogP contribution in [0.4, 0.5) is 0 Å². The van der Waals surface area contributed by atoms with Gasteiger partial charge in [-0.2, -0.15) is 0 Å². The molecule has 0 spiro atoms. The second kappa shape index (κ2) is 8.49. The van der Waals surface area contributed by atoms with E-state index in [0.717, 1.165) is 39.3 Å². The molecule has 4 heteroatoms. The zero-order valence-electron chi connectivity index (χ0n) is 13.6. The Morgan fingerprint density at radius 2 is 2.05 bits per heavy atom. The molecule has 2 atom stereocenters. The minimum atomic E-state index is 0.398. The van der Waals surface area contributed by atoms with E-state index in [1.165, 1.54) is 5.56 Å². The molecule has 1 N–H and O–H groups in total. The highest BCUT2D eigenvalue weighted by Gasteiger charge is 2.28. The first-order chi connectivity index (χ1) is 10.2. The van der Waals surface area contributed by atoms with Crippen LogP contribution in [0, 0.1) is 0 Å². The van der Waals surface area contributed by atoms with Crippen LogP contribution in [0.3, 0.4) is 0 Å². The van der Waals surface area contributed by atoms with Crippen LogP contribution >= 0.6 is 0 Å². The first kappa shape index (κ1) is 16.4. The highest BCUT2D eigenvalue weighted by molar-refractivity contribution is 5.20. The molecule has 1 fully saturated rings. The van der Waals surface area contributed by atoms with Crippen molar-refractivity contribution in [2.24, 2.45) is 0 Å². The van der Waals surface area contributed by atoms with E-state index in [1.807, 2.05) is 0 Å². The molecule has 2 unspecified atom stereocenters. The lowest BCUT2D eigenvalue weighted by Crippen LogP contribution is -2.52. The molecule has 1 heterocycles. The van der Waals surface area contributed by atoms with E-state index in [4.69, 9.17) is 4.74 Å². The lowest BCUT2D eigenvalue weighted by molar-refractivity contribution is 0.0645. The quantitative estimate of drug-likeness (QED) is 0.826. The molecule has 4 nitrogen and oxygen atoms in total. The zero-order chi connectivity index (χ0) is 15.1. The van der Waals surface area contributed by atoms with Gasteiger partial charge in [-0.05, 0) is 19.2 Å². The summed E-state index contributed by atoms with van der Waals surface area (Å²) in [6.45, 7) is 8.28. The predicted molar refractivity (Wildman–Crippen MR) is 87.6 cm³/mol. The van der Waals surface area contributed by atoms with Gasteiger partial charge in [-0.25, -0.2) is 0 Å². The average Bonchev–Trinajstić information content (AvgIpc) is 2.50. The molecular formula is C17H29N3O. The van der Waals surface area contributed by atoms with Crippen LogP contribution in [0.15, 0.2) is 30.3 Å². The van der Waals surface area contributed by atoms with E-state index in [1.54, 1.807) is 7.11 Å². The number of nitrogens with one attached hydrogen (secondary N) is 1. The van der Waals surface area contributed by atoms with Gasteiger partial charge >= 0.3 is 0 Å². The van der Waals surface area contributed by atoms with Gasteiger partial charge in [0, 0.05) is 45.4 Å². The number of rotatable bonds is 7. The van der Waals surface area contributed by atoms with Gasteiger partial charge in [-0.3, -0.25) is 4.90 Å². The Kier molecular flexibility index (Phi) is 6.64. The summed E-state index contributed by atoms with van der Waals surface area (Å²) in [7, 11) is 3.99. The van der Waals surface area contributed by atoms with Crippen molar-refractivity contribution >= 4 is 0 Å². The minimum absolute atomic E-state index is 0.398. The summed E-state index contributed by atoms with van der Waals surface area (Å²) in [5.41, 5.74) is 1.41. The summed E-state index contributed by atoms with van der Waals surface area (Å²) in [5, 5.41) is 3.53. The van der Waals surface area contributed by atoms with Gasteiger partial charge < -0.3 is 15.0 Å². The second-order valence-corrected chi connectivity index (χ2v) is 5.89. The van der Waals surface area contributed by atoms with Crippen LogP contribution < -0.4 is 5.32 Å². The molecule has 118 valence electrons. The molecule has 0 bridgehead atoms. The summed E-state index contributed by atoms with van der Waals surface area (Å²) in [4.78, 5) is 5.02. The van der Waals surface area contributed by atoms with Gasteiger partial charge in [0.05, 0.1) is 6.61 Å². The van der Waals surface area contributed by atoms with Crippen molar-refractivity contribution in [3.05, 3.63) is 35.9 Å². The van der Waals surface area contributed by atoms with E-state index in [2.05, 4.69) is 59.4 Å². The van der Waals surface area contributed by atoms with Crippen LogP contribution in [0.25, 0.3) is 0 Å². The van der Waals surface area contributed by atoms with Gasteiger partial charge in [0.25, 0.3) is 0 Å². The molecule has 0 aliphatic carbocycles. The van der Waals surface area contributed by atoms with E-state index >= 15 is 0 Å². The fourth-order valence-corrected chi connectivity index (χ4v) is 3.12. The van der Waals surface area contributed by atoms with Crippen molar-refractivity contribution in [3.8, 4) is 0 Å². The molecule has 1 aromatic rings. The van der Waals surface area contributed by atoms with Crippen molar-refractivity contribution in [1.82, 2.24) is 15.1 Å². The number of nitrogens with zero attached hydrogens (tertiary/aromatic N) is 2. The monoisotopic (exact) mass is 291 g/mol. The molecule has 21 heavy (non-hydrogen) atoms.